The predicted octanol–water partition coefficient (Wildman–Crippen LogP) is 4.45. The van der Waals surface area contributed by atoms with E-state index < -0.39 is 17.6 Å². The highest BCUT2D eigenvalue weighted by atomic mass is 19.4. The van der Waals surface area contributed by atoms with Crippen LogP contribution in [0.1, 0.15) is 25.8 Å². The second-order valence-electron chi connectivity index (χ2n) is 5.15. The van der Waals surface area contributed by atoms with Gasteiger partial charge in [0.25, 0.3) is 0 Å². The minimum atomic E-state index is -4.58. The van der Waals surface area contributed by atoms with Crippen LogP contribution in [-0.2, 0) is 6.18 Å². The van der Waals surface area contributed by atoms with Crippen LogP contribution in [0.2, 0.25) is 0 Å². The minimum absolute atomic E-state index is 0.117. The van der Waals surface area contributed by atoms with Gasteiger partial charge in [0, 0.05) is 12.7 Å². The third kappa shape index (κ3) is 4.32. The van der Waals surface area contributed by atoms with E-state index in [1.165, 1.54) is 7.11 Å². The lowest BCUT2D eigenvalue weighted by atomic mass is 10.2. The Morgan fingerprint density at radius 1 is 1.16 bits per heavy atom. The van der Waals surface area contributed by atoms with Crippen molar-refractivity contribution in [2.75, 3.05) is 25.2 Å². The van der Waals surface area contributed by atoms with Crippen LogP contribution < -0.4 is 14.4 Å². The van der Waals surface area contributed by atoms with Crippen LogP contribution in [0, 0.1) is 0 Å². The molecule has 0 atom stereocenters. The summed E-state index contributed by atoms with van der Waals surface area (Å²) in [5.74, 6) is 0.225. The molecule has 8 heteroatoms. The maximum absolute atomic E-state index is 13.1. The summed E-state index contributed by atoms with van der Waals surface area (Å²) in [6, 6.07) is 7.16. The van der Waals surface area contributed by atoms with E-state index >= 15 is 0 Å². The van der Waals surface area contributed by atoms with Gasteiger partial charge in [0.15, 0.2) is 0 Å². The normalized spacial score (nSPS) is 11.3. The van der Waals surface area contributed by atoms with Crippen molar-refractivity contribution < 1.29 is 22.6 Å². The van der Waals surface area contributed by atoms with Gasteiger partial charge in [0.05, 0.1) is 19.4 Å². The van der Waals surface area contributed by atoms with Crippen molar-refractivity contribution in [1.82, 2.24) is 9.97 Å². The molecule has 5 nitrogen and oxygen atoms in total. The Bertz CT molecular complexity index is 708. The van der Waals surface area contributed by atoms with Gasteiger partial charge in [-0.1, -0.05) is 19.1 Å². The summed E-state index contributed by atoms with van der Waals surface area (Å²) < 4.78 is 49.9. The van der Waals surface area contributed by atoms with Crippen molar-refractivity contribution in [3.8, 4) is 11.6 Å². The van der Waals surface area contributed by atoms with E-state index in [9.17, 15) is 13.2 Å². The zero-order valence-corrected chi connectivity index (χ0v) is 14.3. The van der Waals surface area contributed by atoms with E-state index in [1.807, 2.05) is 13.8 Å². The van der Waals surface area contributed by atoms with Crippen molar-refractivity contribution in [3.05, 3.63) is 36.0 Å². The summed E-state index contributed by atoms with van der Waals surface area (Å²) in [6.45, 7) is 4.24. The molecule has 2 rings (SSSR count). The van der Waals surface area contributed by atoms with Crippen molar-refractivity contribution in [3.63, 3.8) is 0 Å². The van der Waals surface area contributed by atoms with Gasteiger partial charge >= 0.3 is 6.18 Å². The average molecular weight is 355 g/mol. The Kier molecular flexibility index (Phi) is 6.06. The summed E-state index contributed by atoms with van der Waals surface area (Å²) in [5, 5.41) is 0. The molecule has 0 aliphatic heterocycles. The number of hydrogen-bond donors (Lipinski definition) is 0. The van der Waals surface area contributed by atoms with Gasteiger partial charge in [0.2, 0.25) is 11.8 Å². The molecule has 0 N–H and O–H groups in total. The zero-order chi connectivity index (χ0) is 18.4. The molecule has 0 saturated carbocycles. The molecule has 1 heterocycles. The third-order valence-electron chi connectivity index (χ3n) is 3.42. The van der Waals surface area contributed by atoms with Gasteiger partial charge in [0.1, 0.15) is 11.3 Å². The minimum Gasteiger partial charge on any atom is -0.495 e. The topological polar surface area (TPSA) is 47.5 Å². The molecule has 1 aromatic heterocycles. The molecule has 0 aliphatic rings. The molecule has 0 unspecified atom stereocenters. The first-order chi connectivity index (χ1) is 11.9. The molecule has 0 spiro atoms. The molecule has 0 aliphatic carbocycles. The molecule has 0 bridgehead atoms. The molecule has 0 saturated heterocycles. The second-order valence-corrected chi connectivity index (χ2v) is 5.15. The Morgan fingerprint density at radius 3 is 2.48 bits per heavy atom. The van der Waals surface area contributed by atoms with Gasteiger partial charge in [-0.05, 0) is 25.5 Å². The fraction of sp³-hybridized carbons (Fsp3) is 0.412. The van der Waals surface area contributed by atoms with Crippen LogP contribution in [0.3, 0.4) is 0 Å². The number of para-hydroxylation sites is 2. The van der Waals surface area contributed by atoms with Crippen LogP contribution in [0.4, 0.5) is 24.8 Å². The highest BCUT2D eigenvalue weighted by molar-refractivity contribution is 5.65. The zero-order valence-electron chi connectivity index (χ0n) is 14.3. The third-order valence-corrected chi connectivity index (χ3v) is 3.42. The highest BCUT2D eigenvalue weighted by Crippen LogP contribution is 2.37. The summed E-state index contributed by atoms with van der Waals surface area (Å²) in [6.07, 6.45) is -3.25. The number of rotatable bonds is 7. The number of benzene rings is 1. The standard InChI is InChI=1S/C17H20F3N3O2/c1-4-10-25-15-12(17(18,19)20)11-21-16(22-15)23(5-2)13-8-6-7-9-14(13)24-3/h6-9,11H,4-5,10H2,1-3H3. The average Bonchev–Trinajstić information content (AvgIpc) is 2.60. The van der Waals surface area contributed by atoms with E-state index in [0.29, 0.717) is 24.4 Å². The Hall–Kier alpha value is -2.51. The maximum Gasteiger partial charge on any atom is 0.423 e. The molecular formula is C17H20F3N3O2. The number of anilines is 2. The monoisotopic (exact) mass is 355 g/mol. The van der Waals surface area contributed by atoms with Gasteiger partial charge in [-0.2, -0.15) is 18.2 Å². The van der Waals surface area contributed by atoms with Crippen LogP contribution >= 0.6 is 0 Å². The van der Waals surface area contributed by atoms with E-state index in [1.54, 1.807) is 29.2 Å². The molecule has 2 aromatic rings. The largest absolute Gasteiger partial charge is 0.495 e. The number of hydrogen-bond acceptors (Lipinski definition) is 5. The number of alkyl halides is 3. The summed E-state index contributed by atoms with van der Waals surface area (Å²) in [4.78, 5) is 9.58. The van der Waals surface area contributed by atoms with Gasteiger partial charge in [-0.15, -0.1) is 0 Å². The number of ether oxygens (including phenoxy) is 2. The lowest BCUT2D eigenvalue weighted by Gasteiger charge is -2.24. The van der Waals surface area contributed by atoms with E-state index in [-0.39, 0.29) is 12.6 Å². The lowest BCUT2D eigenvalue weighted by Crippen LogP contribution is -2.21. The molecule has 1 aromatic carbocycles. The lowest BCUT2D eigenvalue weighted by molar-refractivity contribution is -0.139. The van der Waals surface area contributed by atoms with E-state index in [0.717, 1.165) is 6.20 Å². The predicted molar refractivity (Wildman–Crippen MR) is 88.5 cm³/mol. The van der Waals surface area contributed by atoms with Crippen molar-refractivity contribution in [2.24, 2.45) is 0 Å². The van der Waals surface area contributed by atoms with Gasteiger partial charge < -0.3 is 14.4 Å². The van der Waals surface area contributed by atoms with Crippen molar-refractivity contribution in [2.45, 2.75) is 26.4 Å². The molecular weight excluding hydrogens is 335 g/mol. The summed E-state index contributed by atoms with van der Waals surface area (Å²) in [7, 11) is 1.52. The fourth-order valence-electron chi connectivity index (χ4n) is 2.26. The van der Waals surface area contributed by atoms with Gasteiger partial charge in [-0.3, -0.25) is 0 Å². The number of nitrogens with zero attached hydrogens (tertiary/aromatic N) is 3. The SMILES string of the molecule is CCCOc1nc(N(CC)c2ccccc2OC)ncc1C(F)(F)F. The van der Waals surface area contributed by atoms with E-state index in [4.69, 9.17) is 9.47 Å². The Labute approximate surface area is 144 Å². The fourth-order valence-corrected chi connectivity index (χ4v) is 2.26. The highest BCUT2D eigenvalue weighted by Gasteiger charge is 2.36. The summed E-state index contributed by atoms with van der Waals surface area (Å²) >= 11 is 0. The quantitative estimate of drug-likeness (QED) is 0.734. The van der Waals surface area contributed by atoms with Gasteiger partial charge in [-0.25, -0.2) is 4.98 Å². The molecule has 0 radical (unpaired) electrons. The molecule has 0 fully saturated rings. The van der Waals surface area contributed by atoms with E-state index in [2.05, 4.69) is 9.97 Å². The Balaban J connectivity index is 2.49. The first-order valence-electron chi connectivity index (χ1n) is 7.89. The first kappa shape index (κ1) is 18.8. The maximum atomic E-state index is 13.1. The molecule has 136 valence electrons. The first-order valence-corrected chi connectivity index (χ1v) is 7.89. The summed E-state index contributed by atoms with van der Waals surface area (Å²) in [5.41, 5.74) is -0.325. The molecule has 0 amide bonds. The van der Waals surface area contributed by atoms with Crippen LogP contribution in [-0.4, -0.2) is 30.2 Å². The number of methoxy groups -OCH3 is 1. The van der Waals surface area contributed by atoms with Crippen LogP contribution in [0.15, 0.2) is 30.5 Å². The number of halogens is 3. The smallest absolute Gasteiger partial charge is 0.423 e. The second kappa shape index (κ2) is 8.04. The van der Waals surface area contributed by atoms with Crippen LogP contribution in [0.25, 0.3) is 0 Å². The van der Waals surface area contributed by atoms with Crippen LogP contribution in [0.5, 0.6) is 11.6 Å². The van der Waals surface area contributed by atoms with Crippen molar-refractivity contribution in [1.29, 1.82) is 0 Å². The molecule has 25 heavy (non-hydrogen) atoms. The number of aromatic nitrogens is 2. The van der Waals surface area contributed by atoms with Crippen molar-refractivity contribution >= 4 is 11.6 Å². The Morgan fingerprint density at radius 2 is 1.88 bits per heavy atom.